The van der Waals surface area contributed by atoms with Crippen LogP contribution in [0.5, 0.6) is 0 Å². The van der Waals surface area contributed by atoms with E-state index in [1.54, 1.807) is 6.07 Å². The molecule has 1 atom stereocenters. The standard InChI is InChI=1S/C9H10O5S/c1-9(8(10)11,15(12,13)14)7-5-3-2-4-6-7/h2-6H,1H3,(H,10,11)(H,12,13,14). The second kappa shape index (κ2) is 3.63. The second-order valence-corrected chi connectivity index (χ2v) is 4.95. The highest BCUT2D eigenvalue weighted by molar-refractivity contribution is 7.87. The number of benzene rings is 1. The third-order valence-corrected chi connectivity index (χ3v) is 3.69. The van der Waals surface area contributed by atoms with Crippen molar-refractivity contribution in [3.63, 3.8) is 0 Å². The van der Waals surface area contributed by atoms with Crippen LogP contribution in [0.3, 0.4) is 0 Å². The Hall–Kier alpha value is -1.40. The number of rotatable bonds is 3. The van der Waals surface area contributed by atoms with Crippen molar-refractivity contribution in [2.45, 2.75) is 11.7 Å². The zero-order valence-corrected chi connectivity index (χ0v) is 8.73. The summed E-state index contributed by atoms with van der Waals surface area (Å²) in [5, 5.41) is 8.88. The smallest absolute Gasteiger partial charge is 0.331 e. The molecular formula is C9H10O5S. The monoisotopic (exact) mass is 230 g/mol. The largest absolute Gasteiger partial charge is 0.480 e. The summed E-state index contributed by atoms with van der Waals surface area (Å²) in [4.78, 5) is 10.9. The van der Waals surface area contributed by atoms with Gasteiger partial charge in [0.25, 0.3) is 10.1 Å². The molecule has 1 aromatic carbocycles. The van der Waals surface area contributed by atoms with Crippen molar-refractivity contribution in [1.82, 2.24) is 0 Å². The SMILES string of the molecule is CC(C(=O)O)(c1ccccc1)S(=O)(=O)O. The maximum absolute atomic E-state index is 11.1. The predicted octanol–water partition coefficient (Wildman–Crippen LogP) is 0.874. The van der Waals surface area contributed by atoms with Crippen LogP contribution in [0.2, 0.25) is 0 Å². The summed E-state index contributed by atoms with van der Waals surface area (Å²) in [7, 11) is -4.72. The fourth-order valence-corrected chi connectivity index (χ4v) is 1.79. The summed E-state index contributed by atoms with van der Waals surface area (Å²) in [5.41, 5.74) is 0.0139. The number of hydrogen-bond donors (Lipinski definition) is 2. The third-order valence-electron chi connectivity index (χ3n) is 2.25. The molecule has 0 heterocycles. The molecule has 0 saturated heterocycles. The minimum Gasteiger partial charge on any atom is -0.480 e. The Kier molecular flexibility index (Phi) is 2.83. The lowest BCUT2D eigenvalue weighted by atomic mass is 10.0. The van der Waals surface area contributed by atoms with Gasteiger partial charge in [-0.15, -0.1) is 0 Å². The van der Waals surface area contributed by atoms with E-state index in [1.165, 1.54) is 24.3 Å². The van der Waals surface area contributed by atoms with Crippen molar-refractivity contribution >= 4 is 16.1 Å². The molecule has 1 aromatic rings. The van der Waals surface area contributed by atoms with Crippen molar-refractivity contribution in [1.29, 1.82) is 0 Å². The van der Waals surface area contributed by atoms with E-state index in [9.17, 15) is 13.2 Å². The molecule has 0 aliphatic rings. The number of aliphatic carboxylic acids is 1. The fraction of sp³-hybridized carbons (Fsp3) is 0.222. The van der Waals surface area contributed by atoms with Crippen molar-refractivity contribution in [2.24, 2.45) is 0 Å². The Morgan fingerprint density at radius 2 is 1.73 bits per heavy atom. The van der Waals surface area contributed by atoms with E-state index in [1.807, 2.05) is 0 Å². The molecular weight excluding hydrogens is 220 g/mol. The maximum atomic E-state index is 11.1. The van der Waals surface area contributed by atoms with Gasteiger partial charge in [0.1, 0.15) is 0 Å². The molecule has 82 valence electrons. The highest BCUT2D eigenvalue weighted by Gasteiger charge is 2.47. The Morgan fingerprint density at radius 1 is 1.27 bits per heavy atom. The Balaban J connectivity index is 3.46. The van der Waals surface area contributed by atoms with Crippen molar-refractivity contribution in [3.05, 3.63) is 35.9 Å². The average molecular weight is 230 g/mol. The van der Waals surface area contributed by atoms with Crippen LogP contribution in [-0.2, 0) is 19.7 Å². The first kappa shape index (κ1) is 11.7. The van der Waals surface area contributed by atoms with Gasteiger partial charge in [0, 0.05) is 0 Å². The number of carboxylic acids is 1. The summed E-state index contributed by atoms with van der Waals surface area (Å²) < 4.78 is 28.8. The molecule has 0 spiro atoms. The van der Waals surface area contributed by atoms with Gasteiger partial charge in [-0.2, -0.15) is 8.42 Å². The summed E-state index contributed by atoms with van der Waals surface area (Å²) in [5.74, 6) is -1.61. The Labute approximate surface area is 87.1 Å². The third kappa shape index (κ3) is 1.86. The van der Waals surface area contributed by atoms with Crippen LogP contribution in [0, 0.1) is 0 Å². The van der Waals surface area contributed by atoms with Gasteiger partial charge in [-0.1, -0.05) is 30.3 Å². The van der Waals surface area contributed by atoms with E-state index in [0.29, 0.717) is 0 Å². The molecule has 2 N–H and O–H groups in total. The van der Waals surface area contributed by atoms with Crippen LogP contribution in [0.4, 0.5) is 0 Å². The Morgan fingerprint density at radius 3 is 2.07 bits per heavy atom. The minimum absolute atomic E-state index is 0.0139. The predicted molar refractivity (Wildman–Crippen MR) is 53.0 cm³/mol. The first-order valence-electron chi connectivity index (χ1n) is 4.06. The molecule has 5 nitrogen and oxygen atoms in total. The number of carbonyl (C=O) groups is 1. The second-order valence-electron chi connectivity index (χ2n) is 3.18. The average Bonchev–Trinajstić information content (AvgIpc) is 2.16. The fourth-order valence-electron chi connectivity index (χ4n) is 1.14. The molecule has 0 amide bonds. The van der Waals surface area contributed by atoms with E-state index < -0.39 is 20.8 Å². The lowest BCUT2D eigenvalue weighted by Crippen LogP contribution is -2.40. The van der Waals surface area contributed by atoms with E-state index in [4.69, 9.17) is 9.66 Å². The molecule has 0 saturated carbocycles. The first-order valence-corrected chi connectivity index (χ1v) is 5.50. The minimum atomic E-state index is -4.72. The van der Waals surface area contributed by atoms with Crippen LogP contribution in [0.1, 0.15) is 12.5 Å². The maximum Gasteiger partial charge on any atom is 0.331 e. The number of hydrogen-bond acceptors (Lipinski definition) is 3. The molecule has 0 aromatic heterocycles. The van der Waals surface area contributed by atoms with Gasteiger partial charge in [-0.25, -0.2) is 0 Å². The van der Waals surface area contributed by atoms with E-state index >= 15 is 0 Å². The van der Waals surface area contributed by atoms with Crippen LogP contribution >= 0.6 is 0 Å². The van der Waals surface area contributed by atoms with Gasteiger partial charge in [-0.05, 0) is 12.5 Å². The van der Waals surface area contributed by atoms with Gasteiger partial charge >= 0.3 is 5.97 Å². The molecule has 0 radical (unpaired) electrons. The molecule has 0 aliphatic heterocycles. The lowest BCUT2D eigenvalue weighted by Gasteiger charge is -2.21. The van der Waals surface area contributed by atoms with Gasteiger partial charge < -0.3 is 5.11 Å². The van der Waals surface area contributed by atoms with E-state index in [2.05, 4.69) is 0 Å². The summed E-state index contributed by atoms with van der Waals surface area (Å²) in [6.07, 6.45) is 0. The summed E-state index contributed by atoms with van der Waals surface area (Å²) >= 11 is 0. The first-order chi connectivity index (χ1) is 6.80. The Bertz CT molecular complexity index is 465. The van der Waals surface area contributed by atoms with Gasteiger partial charge in [0.05, 0.1) is 0 Å². The highest BCUT2D eigenvalue weighted by Crippen LogP contribution is 2.29. The molecule has 6 heteroatoms. The summed E-state index contributed by atoms with van der Waals surface area (Å²) in [6, 6.07) is 7.29. The molecule has 0 bridgehead atoms. The van der Waals surface area contributed by atoms with Gasteiger partial charge in [0.15, 0.2) is 0 Å². The van der Waals surface area contributed by atoms with Crippen LogP contribution in [0.25, 0.3) is 0 Å². The normalized spacial score (nSPS) is 15.6. The van der Waals surface area contributed by atoms with Crippen LogP contribution < -0.4 is 0 Å². The summed E-state index contributed by atoms with van der Waals surface area (Å²) in [6.45, 7) is 0.944. The highest BCUT2D eigenvalue weighted by atomic mass is 32.2. The van der Waals surface area contributed by atoms with Crippen LogP contribution in [-0.4, -0.2) is 24.0 Å². The van der Waals surface area contributed by atoms with Crippen molar-refractivity contribution in [2.75, 3.05) is 0 Å². The number of carboxylic acid groups (broad SMARTS) is 1. The van der Waals surface area contributed by atoms with E-state index in [0.717, 1.165) is 6.92 Å². The molecule has 1 rings (SSSR count). The lowest BCUT2D eigenvalue weighted by molar-refractivity contribution is -0.140. The van der Waals surface area contributed by atoms with Gasteiger partial charge in [-0.3, -0.25) is 9.35 Å². The van der Waals surface area contributed by atoms with E-state index in [-0.39, 0.29) is 5.56 Å². The van der Waals surface area contributed by atoms with Crippen molar-refractivity contribution in [3.8, 4) is 0 Å². The molecule has 1 unspecified atom stereocenters. The molecule has 0 aliphatic carbocycles. The topological polar surface area (TPSA) is 91.7 Å². The quantitative estimate of drug-likeness (QED) is 0.752. The van der Waals surface area contributed by atoms with Crippen molar-refractivity contribution < 1.29 is 22.9 Å². The zero-order valence-electron chi connectivity index (χ0n) is 7.91. The zero-order chi connectivity index (χ0) is 11.7. The van der Waals surface area contributed by atoms with Gasteiger partial charge in [0.2, 0.25) is 4.75 Å². The van der Waals surface area contributed by atoms with Crippen LogP contribution in [0.15, 0.2) is 30.3 Å². The molecule has 0 fully saturated rings. The molecule has 15 heavy (non-hydrogen) atoms.